The van der Waals surface area contributed by atoms with E-state index in [-0.39, 0.29) is 0 Å². The van der Waals surface area contributed by atoms with Crippen molar-refractivity contribution in [3.63, 3.8) is 0 Å². The minimum Gasteiger partial charge on any atom is -0.367 e. The Balaban J connectivity index is 1.62. The summed E-state index contributed by atoms with van der Waals surface area (Å²) in [6.45, 7) is 1.99. The molecule has 0 radical (unpaired) electrons. The van der Waals surface area contributed by atoms with Crippen LogP contribution in [-0.2, 0) is 0 Å². The third-order valence-electron chi connectivity index (χ3n) is 3.80. The molecule has 1 aliphatic rings. The highest BCUT2D eigenvalue weighted by atomic mass is 35.5. The molecule has 3 heterocycles. The molecule has 0 atom stereocenters. The van der Waals surface area contributed by atoms with E-state index in [4.69, 9.17) is 11.6 Å². The number of fused-ring (bicyclic) bond motifs is 1. The zero-order valence-corrected chi connectivity index (χ0v) is 11.5. The summed E-state index contributed by atoms with van der Waals surface area (Å²) >= 11 is 6.07. The van der Waals surface area contributed by atoms with E-state index >= 15 is 0 Å². The Bertz CT molecular complexity index is 747. The molecule has 4 rings (SSSR count). The molecule has 1 fully saturated rings. The molecule has 0 N–H and O–H groups in total. The van der Waals surface area contributed by atoms with Crippen LogP contribution in [0.5, 0.6) is 0 Å². The van der Waals surface area contributed by atoms with Gasteiger partial charge in [0.1, 0.15) is 0 Å². The molecule has 0 saturated carbocycles. The van der Waals surface area contributed by atoms with Gasteiger partial charge in [-0.3, -0.25) is 0 Å². The molecule has 5 heteroatoms. The van der Waals surface area contributed by atoms with Crippen molar-refractivity contribution in [2.75, 3.05) is 18.0 Å². The molecule has 1 aromatic carbocycles. The summed E-state index contributed by atoms with van der Waals surface area (Å²) in [6, 6.07) is 12.5. The van der Waals surface area contributed by atoms with Gasteiger partial charge >= 0.3 is 0 Å². The van der Waals surface area contributed by atoms with Crippen LogP contribution in [0.2, 0.25) is 5.15 Å². The Morgan fingerprint density at radius 3 is 2.75 bits per heavy atom. The van der Waals surface area contributed by atoms with Crippen molar-refractivity contribution in [3.8, 4) is 0 Å². The summed E-state index contributed by atoms with van der Waals surface area (Å²) < 4.78 is 1.73. The standard InChI is InChI=1S/C15H13ClN4/c16-14-8-13(15-17-6-7-20(15)18-14)19-9-12(10-19)11-4-2-1-3-5-11/h1-8,12H,9-10H2. The fraction of sp³-hybridized carbons (Fsp3) is 0.200. The zero-order chi connectivity index (χ0) is 13.5. The number of rotatable bonds is 2. The molecule has 3 aromatic rings. The lowest BCUT2D eigenvalue weighted by Crippen LogP contribution is -2.45. The van der Waals surface area contributed by atoms with Crippen molar-refractivity contribution in [1.82, 2.24) is 14.6 Å². The third-order valence-corrected chi connectivity index (χ3v) is 3.99. The van der Waals surface area contributed by atoms with E-state index in [0.29, 0.717) is 11.1 Å². The van der Waals surface area contributed by atoms with Gasteiger partial charge in [-0.15, -0.1) is 0 Å². The normalized spacial score (nSPS) is 15.6. The first-order valence-corrected chi connectivity index (χ1v) is 6.99. The molecule has 0 amide bonds. The predicted molar refractivity (Wildman–Crippen MR) is 79.4 cm³/mol. The minimum atomic E-state index is 0.494. The number of benzene rings is 1. The van der Waals surface area contributed by atoms with Crippen LogP contribution in [0.25, 0.3) is 5.65 Å². The van der Waals surface area contributed by atoms with E-state index in [2.05, 4.69) is 45.3 Å². The largest absolute Gasteiger partial charge is 0.367 e. The number of nitrogens with zero attached hydrogens (tertiary/aromatic N) is 4. The zero-order valence-electron chi connectivity index (χ0n) is 10.8. The van der Waals surface area contributed by atoms with Crippen LogP contribution in [0.3, 0.4) is 0 Å². The van der Waals surface area contributed by atoms with Gasteiger partial charge in [-0.05, 0) is 5.56 Å². The molecule has 0 bridgehead atoms. The number of hydrogen-bond acceptors (Lipinski definition) is 3. The maximum Gasteiger partial charge on any atom is 0.177 e. The summed E-state index contributed by atoms with van der Waals surface area (Å²) in [5, 5.41) is 4.70. The molecule has 0 unspecified atom stereocenters. The van der Waals surface area contributed by atoms with Crippen LogP contribution in [-0.4, -0.2) is 27.7 Å². The van der Waals surface area contributed by atoms with Gasteiger partial charge in [-0.2, -0.15) is 5.10 Å². The number of hydrogen-bond donors (Lipinski definition) is 0. The number of imidazole rings is 1. The molecule has 2 aromatic heterocycles. The highest BCUT2D eigenvalue weighted by Crippen LogP contribution is 2.34. The molecule has 0 aliphatic carbocycles. The van der Waals surface area contributed by atoms with Crippen LogP contribution >= 0.6 is 11.6 Å². The van der Waals surface area contributed by atoms with Crippen molar-refractivity contribution >= 4 is 22.9 Å². The Morgan fingerprint density at radius 2 is 1.95 bits per heavy atom. The smallest absolute Gasteiger partial charge is 0.177 e. The van der Waals surface area contributed by atoms with Gasteiger partial charge in [0.2, 0.25) is 0 Å². The predicted octanol–water partition coefficient (Wildman–Crippen LogP) is 2.99. The van der Waals surface area contributed by atoms with Gasteiger partial charge in [0, 0.05) is 37.5 Å². The number of aromatic nitrogens is 3. The maximum absolute atomic E-state index is 6.07. The Hall–Kier alpha value is -2.07. The molecular formula is C15H13ClN4. The van der Waals surface area contributed by atoms with E-state index in [1.807, 2.05) is 12.3 Å². The lowest BCUT2D eigenvalue weighted by molar-refractivity contribution is 0.525. The Morgan fingerprint density at radius 1 is 1.15 bits per heavy atom. The van der Waals surface area contributed by atoms with E-state index in [0.717, 1.165) is 24.4 Å². The second-order valence-electron chi connectivity index (χ2n) is 5.06. The Kier molecular flexibility index (Phi) is 2.63. The van der Waals surface area contributed by atoms with Crippen LogP contribution in [0, 0.1) is 0 Å². The van der Waals surface area contributed by atoms with Crippen LogP contribution in [0.1, 0.15) is 11.5 Å². The molecule has 100 valence electrons. The highest BCUT2D eigenvalue weighted by Gasteiger charge is 2.30. The lowest BCUT2D eigenvalue weighted by Gasteiger charge is -2.41. The van der Waals surface area contributed by atoms with Crippen molar-refractivity contribution in [3.05, 3.63) is 59.5 Å². The first-order chi connectivity index (χ1) is 9.81. The summed E-state index contributed by atoms with van der Waals surface area (Å²) in [6.07, 6.45) is 3.57. The molecule has 0 spiro atoms. The molecule has 1 aliphatic heterocycles. The quantitative estimate of drug-likeness (QED) is 0.725. The fourth-order valence-electron chi connectivity index (χ4n) is 2.71. The average Bonchev–Trinajstić information content (AvgIpc) is 2.86. The monoisotopic (exact) mass is 284 g/mol. The van der Waals surface area contributed by atoms with Crippen molar-refractivity contribution in [1.29, 1.82) is 0 Å². The first kappa shape index (κ1) is 11.7. The minimum absolute atomic E-state index is 0.494. The molecular weight excluding hydrogens is 272 g/mol. The van der Waals surface area contributed by atoms with Gasteiger partial charge in [-0.25, -0.2) is 9.50 Å². The van der Waals surface area contributed by atoms with E-state index in [1.54, 1.807) is 10.7 Å². The van der Waals surface area contributed by atoms with Crippen molar-refractivity contribution < 1.29 is 0 Å². The third kappa shape index (κ3) is 1.84. The highest BCUT2D eigenvalue weighted by molar-refractivity contribution is 6.29. The average molecular weight is 285 g/mol. The van der Waals surface area contributed by atoms with Crippen LogP contribution < -0.4 is 4.90 Å². The van der Waals surface area contributed by atoms with E-state index in [1.165, 1.54) is 5.56 Å². The van der Waals surface area contributed by atoms with E-state index in [9.17, 15) is 0 Å². The van der Waals surface area contributed by atoms with E-state index < -0.39 is 0 Å². The van der Waals surface area contributed by atoms with Gasteiger partial charge in [0.25, 0.3) is 0 Å². The summed E-state index contributed by atoms with van der Waals surface area (Å²) in [5.41, 5.74) is 3.31. The summed E-state index contributed by atoms with van der Waals surface area (Å²) in [5.74, 6) is 0.582. The fourth-order valence-corrected chi connectivity index (χ4v) is 2.90. The number of anilines is 1. The lowest BCUT2D eigenvalue weighted by atomic mass is 9.91. The van der Waals surface area contributed by atoms with Crippen LogP contribution in [0.15, 0.2) is 48.8 Å². The van der Waals surface area contributed by atoms with Crippen molar-refractivity contribution in [2.45, 2.75) is 5.92 Å². The Labute approximate surface area is 121 Å². The van der Waals surface area contributed by atoms with Gasteiger partial charge in [0.15, 0.2) is 10.8 Å². The maximum atomic E-state index is 6.07. The topological polar surface area (TPSA) is 33.4 Å². The summed E-state index contributed by atoms with van der Waals surface area (Å²) in [7, 11) is 0. The first-order valence-electron chi connectivity index (χ1n) is 6.61. The van der Waals surface area contributed by atoms with Gasteiger partial charge in [0.05, 0.1) is 5.69 Å². The SMILES string of the molecule is Clc1cc(N2CC(c3ccccc3)C2)c2nccn2n1. The second-order valence-corrected chi connectivity index (χ2v) is 5.45. The number of halogens is 1. The molecule has 4 nitrogen and oxygen atoms in total. The van der Waals surface area contributed by atoms with Gasteiger partial charge < -0.3 is 4.90 Å². The van der Waals surface area contributed by atoms with Gasteiger partial charge in [-0.1, -0.05) is 41.9 Å². The van der Waals surface area contributed by atoms with Crippen LogP contribution in [0.4, 0.5) is 5.69 Å². The second kappa shape index (κ2) is 4.49. The van der Waals surface area contributed by atoms with Crippen molar-refractivity contribution in [2.24, 2.45) is 0 Å². The molecule has 1 saturated heterocycles. The summed E-state index contributed by atoms with van der Waals surface area (Å²) in [4.78, 5) is 6.66. The molecule has 20 heavy (non-hydrogen) atoms.